The third-order valence-corrected chi connectivity index (χ3v) is 2.69. The van der Waals surface area contributed by atoms with E-state index in [1.807, 2.05) is 6.07 Å². The van der Waals surface area contributed by atoms with Crippen molar-refractivity contribution < 1.29 is 0 Å². The van der Waals surface area contributed by atoms with E-state index < -0.39 is 0 Å². The maximum absolute atomic E-state index is 4.13. The smallest absolute Gasteiger partial charge is 0.109 e. The summed E-state index contributed by atoms with van der Waals surface area (Å²) in [6.45, 7) is 0. The second kappa shape index (κ2) is 4.88. The molecule has 1 nitrogen and oxygen atoms in total. The van der Waals surface area contributed by atoms with Gasteiger partial charge in [0.25, 0.3) is 0 Å². The molecule has 0 bridgehead atoms. The van der Waals surface area contributed by atoms with Gasteiger partial charge < -0.3 is 0 Å². The average Bonchev–Trinajstić information content (AvgIpc) is 2.03. The number of hydrogen-bond acceptors (Lipinski definition) is 1. The maximum Gasteiger partial charge on any atom is 0.109 e. The lowest BCUT2D eigenvalue weighted by Crippen LogP contribution is -1.89. The molecule has 0 atom stereocenters. The molecule has 60 valence electrons. The van der Waals surface area contributed by atoms with E-state index in [-0.39, 0.29) is 0 Å². The molecule has 3 heteroatoms. The van der Waals surface area contributed by atoms with Gasteiger partial charge in [0.15, 0.2) is 0 Å². The second-order valence-electron chi connectivity index (χ2n) is 2.25. The molecule has 11 heavy (non-hydrogen) atoms. The minimum absolute atomic E-state index is 0.973. The summed E-state index contributed by atoms with van der Waals surface area (Å²) in [5.41, 5.74) is 1.28. The van der Waals surface area contributed by atoms with E-state index >= 15 is 0 Å². The van der Waals surface area contributed by atoms with E-state index in [4.69, 9.17) is 0 Å². The zero-order valence-electron chi connectivity index (χ0n) is 6.06. The van der Waals surface area contributed by atoms with E-state index in [2.05, 4.69) is 42.9 Å². The highest BCUT2D eigenvalue weighted by atomic mass is 79.9. The van der Waals surface area contributed by atoms with Crippen LogP contribution in [0.4, 0.5) is 0 Å². The summed E-state index contributed by atoms with van der Waals surface area (Å²) in [5.74, 6) is 0. The Morgan fingerprint density at radius 2 is 2.27 bits per heavy atom. The van der Waals surface area contributed by atoms with Crippen LogP contribution in [-0.2, 0) is 6.42 Å². The lowest BCUT2D eigenvalue weighted by molar-refractivity contribution is 0.921. The van der Waals surface area contributed by atoms with E-state index in [1.54, 1.807) is 6.20 Å². The van der Waals surface area contributed by atoms with Crippen LogP contribution in [0.15, 0.2) is 22.9 Å². The molecule has 0 aliphatic carbocycles. The van der Waals surface area contributed by atoms with Crippen LogP contribution in [0, 0.1) is 0 Å². The SMILES string of the molecule is BrCCCc1cccnc1Br. The fourth-order valence-corrected chi connectivity index (χ4v) is 1.59. The molecule has 1 rings (SSSR count). The molecule has 0 aliphatic rings. The van der Waals surface area contributed by atoms with Crippen LogP contribution >= 0.6 is 31.9 Å². The minimum Gasteiger partial charge on any atom is -0.249 e. The summed E-state index contributed by atoms with van der Waals surface area (Å²) >= 11 is 6.80. The zero-order valence-corrected chi connectivity index (χ0v) is 9.23. The molecule has 1 aromatic rings. The Hall–Kier alpha value is 0.110. The third-order valence-electron chi connectivity index (χ3n) is 1.42. The lowest BCUT2D eigenvalue weighted by Gasteiger charge is -1.99. The van der Waals surface area contributed by atoms with Crippen molar-refractivity contribution in [3.63, 3.8) is 0 Å². The van der Waals surface area contributed by atoms with Gasteiger partial charge >= 0.3 is 0 Å². The van der Waals surface area contributed by atoms with Crippen molar-refractivity contribution in [3.8, 4) is 0 Å². The van der Waals surface area contributed by atoms with Gasteiger partial charge in [0, 0.05) is 11.5 Å². The number of alkyl halides is 1. The summed E-state index contributed by atoms with van der Waals surface area (Å²) in [6.07, 6.45) is 4.03. The standard InChI is InChI=1S/C8H9Br2N/c9-5-1-3-7-4-2-6-11-8(7)10/h2,4,6H,1,3,5H2. The second-order valence-corrected chi connectivity index (χ2v) is 3.79. The number of aromatic nitrogens is 1. The highest BCUT2D eigenvalue weighted by molar-refractivity contribution is 9.10. The molecule has 0 fully saturated rings. The number of rotatable bonds is 3. The van der Waals surface area contributed by atoms with Gasteiger partial charge in [-0.3, -0.25) is 0 Å². The first-order valence-electron chi connectivity index (χ1n) is 3.50. The Labute approximate surface area is 83.5 Å². The number of hydrogen-bond donors (Lipinski definition) is 0. The molecule has 0 saturated heterocycles. The number of pyridine rings is 1. The van der Waals surface area contributed by atoms with Crippen LogP contribution in [-0.4, -0.2) is 10.3 Å². The molecule has 0 amide bonds. The number of halogens is 2. The predicted octanol–water partition coefficient (Wildman–Crippen LogP) is 3.17. The molecule has 0 aliphatic heterocycles. The van der Waals surface area contributed by atoms with Gasteiger partial charge in [-0.1, -0.05) is 22.0 Å². The van der Waals surface area contributed by atoms with Gasteiger partial charge in [-0.2, -0.15) is 0 Å². The zero-order chi connectivity index (χ0) is 8.10. The first kappa shape index (κ1) is 9.20. The quantitative estimate of drug-likeness (QED) is 0.611. The monoisotopic (exact) mass is 277 g/mol. The summed E-state index contributed by atoms with van der Waals surface area (Å²) in [7, 11) is 0. The van der Waals surface area contributed by atoms with Crippen molar-refractivity contribution in [2.24, 2.45) is 0 Å². The van der Waals surface area contributed by atoms with Gasteiger partial charge in [-0.25, -0.2) is 4.98 Å². The largest absolute Gasteiger partial charge is 0.249 e. The molecule has 0 radical (unpaired) electrons. The summed E-state index contributed by atoms with van der Waals surface area (Å²) in [4.78, 5) is 4.13. The minimum atomic E-state index is 0.973. The van der Waals surface area contributed by atoms with Crippen molar-refractivity contribution in [2.75, 3.05) is 5.33 Å². The van der Waals surface area contributed by atoms with Crippen LogP contribution in [0.1, 0.15) is 12.0 Å². The summed E-state index contributed by atoms with van der Waals surface area (Å²) < 4.78 is 0.973. The maximum atomic E-state index is 4.13. The van der Waals surface area contributed by atoms with Crippen molar-refractivity contribution >= 4 is 31.9 Å². The Kier molecular flexibility index (Phi) is 4.08. The molecule has 1 aromatic heterocycles. The Balaban J connectivity index is 2.62. The fraction of sp³-hybridized carbons (Fsp3) is 0.375. The molecule has 0 unspecified atom stereocenters. The number of aryl methyl sites for hydroxylation is 1. The summed E-state index contributed by atoms with van der Waals surface area (Å²) in [6, 6.07) is 4.06. The van der Waals surface area contributed by atoms with Gasteiger partial charge in [-0.05, 0) is 40.4 Å². The molecular weight excluding hydrogens is 270 g/mol. The highest BCUT2D eigenvalue weighted by Crippen LogP contribution is 2.14. The van der Waals surface area contributed by atoms with Crippen molar-refractivity contribution in [3.05, 3.63) is 28.5 Å². The van der Waals surface area contributed by atoms with Crippen LogP contribution in [0.2, 0.25) is 0 Å². The van der Waals surface area contributed by atoms with Crippen LogP contribution in [0.25, 0.3) is 0 Å². The Morgan fingerprint density at radius 3 is 2.91 bits per heavy atom. The van der Waals surface area contributed by atoms with Crippen LogP contribution < -0.4 is 0 Å². The van der Waals surface area contributed by atoms with Gasteiger partial charge in [-0.15, -0.1) is 0 Å². The molecular formula is C8H9Br2N. The third kappa shape index (κ3) is 2.91. The van der Waals surface area contributed by atoms with Crippen LogP contribution in [0.3, 0.4) is 0 Å². The molecule has 1 heterocycles. The Morgan fingerprint density at radius 1 is 1.45 bits per heavy atom. The van der Waals surface area contributed by atoms with E-state index in [9.17, 15) is 0 Å². The van der Waals surface area contributed by atoms with Crippen molar-refractivity contribution in [2.45, 2.75) is 12.8 Å². The molecule has 0 aromatic carbocycles. The molecule has 0 saturated carbocycles. The van der Waals surface area contributed by atoms with Gasteiger partial charge in [0.1, 0.15) is 4.60 Å². The van der Waals surface area contributed by atoms with E-state index in [1.165, 1.54) is 5.56 Å². The molecule has 0 N–H and O–H groups in total. The van der Waals surface area contributed by atoms with Gasteiger partial charge in [0.2, 0.25) is 0 Å². The lowest BCUT2D eigenvalue weighted by atomic mass is 10.2. The number of nitrogens with zero attached hydrogens (tertiary/aromatic N) is 1. The predicted molar refractivity (Wildman–Crippen MR) is 54.1 cm³/mol. The summed E-state index contributed by atoms with van der Waals surface area (Å²) in [5, 5.41) is 1.05. The van der Waals surface area contributed by atoms with E-state index in [0.717, 1.165) is 22.8 Å². The Bertz CT molecular complexity index is 225. The highest BCUT2D eigenvalue weighted by Gasteiger charge is 1.97. The first-order valence-corrected chi connectivity index (χ1v) is 5.41. The normalized spacial score (nSPS) is 10.0. The van der Waals surface area contributed by atoms with Crippen LogP contribution in [0.5, 0.6) is 0 Å². The van der Waals surface area contributed by atoms with Gasteiger partial charge in [0.05, 0.1) is 0 Å². The first-order chi connectivity index (χ1) is 5.34. The topological polar surface area (TPSA) is 12.9 Å². The average molecular weight is 279 g/mol. The van der Waals surface area contributed by atoms with Crippen molar-refractivity contribution in [1.82, 2.24) is 4.98 Å². The molecule has 0 spiro atoms. The fourth-order valence-electron chi connectivity index (χ4n) is 0.863. The van der Waals surface area contributed by atoms with Crippen molar-refractivity contribution in [1.29, 1.82) is 0 Å². The van der Waals surface area contributed by atoms with E-state index in [0.29, 0.717) is 0 Å².